The molecule has 0 radical (unpaired) electrons. The molecule has 21 heavy (non-hydrogen) atoms. The number of benzene rings is 2. The SMILES string of the molecule is Cc1cccc(OC(=O)c2cc(S(C)(=O)=O)ccc2Cl)c1. The van der Waals surface area contributed by atoms with E-state index in [0.717, 1.165) is 11.8 Å². The van der Waals surface area contributed by atoms with Crippen molar-refractivity contribution in [1.29, 1.82) is 0 Å². The van der Waals surface area contributed by atoms with Gasteiger partial charge in [-0.05, 0) is 42.8 Å². The molecular formula is C15H13ClO4S. The van der Waals surface area contributed by atoms with Crippen molar-refractivity contribution in [3.05, 3.63) is 58.6 Å². The van der Waals surface area contributed by atoms with Gasteiger partial charge in [-0.15, -0.1) is 0 Å². The Hall–Kier alpha value is -1.85. The van der Waals surface area contributed by atoms with E-state index in [1.807, 2.05) is 13.0 Å². The number of rotatable bonds is 3. The second kappa shape index (κ2) is 5.87. The Morgan fingerprint density at radius 3 is 2.48 bits per heavy atom. The molecule has 0 unspecified atom stereocenters. The predicted molar refractivity (Wildman–Crippen MR) is 80.7 cm³/mol. The maximum Gasteiger partial charge on any atom is 0.345 e. The molecule has 0 amide bonds. The molecule has 0 aliphatic rings. The summed E-state index contributed by atoms with van der Waals surface area (Å²) in [5.74, 6) is -0.322. The second-order valence-electron chi connectivity index (χ2n) is 4.62. The lowest BCUT2D eigenvalue weighted by Crippen LogP contribution is -2.10. The summed E-state index contributed by atoms with van der Waals surface area (Å²) in [6, 6.07) is 10.9. The number of sulfone groups is 1. The Morgan fingerprint density at radius 1 is 1.14 bits per heavy atom. The minimum atomic E-state index is -3.42. The molecule has 2 aromatic carbocycles. The van der Waals surface area contributed by atoms with E-state index < -0.39 is 15.8 Å². The van der Waals surface area contributed by atoms with Gasteiger partial charge in [0.25, 0.3) is 0 Å². The first kappa shape index (κ1) is 15.5. The van der Waals surface area contributed by atoms with Gasteiger partial charge in [-0.25, -0.2) is 13.2 Å². The predicted octanol–water partition coefficient (Wildman–Crippen LogP) is 3.27. The van der Waals surface area contributed by atoms with Crippen LogP contribution in [0.15, 0.2) is 47.4 Å². The van der Waals surface area contributed by atoms with Crippen LogP contribution in [-0.2, 0) is 9.84 Å². The third kappa shape index (κ3) is 3.83. The van der Waals surface area contributed by atoms with E-state index in [1.165, 1.54) is 18.2 Å². The van der Waals surface area contributed by atoms with Crippen LogP contribution in [0.4, 0.5) is 0 Å². The molecule has 2 aromatic rings. The van der Waals surface area contributed by atoms with Crippen LogP contribution >= 0.6 is 11.6 Å². The normalized spacial score (nSPS) is 11.2. The van der Waals surface area contributed by atoms with Gasteiger partial charge in [0.2, 0.25) is 0 Å². The highest BCUT2D eigenvalue weighted by molar-refractivity contribution is 7.90. The fourth-order valence-electron chi connectivity index (χ4n) is 1.73. The number of carbonyl (C=O) groups is 1. The van der Waals surface area contributed by atoms with Crippen LogP contribution in [0, 0.1) is 6.92 Å². The average molecular weight is 325 g/mol. The number of carbonyl (C=O) groups excluding carboxylic acids is 1. The van der Waals surface area contributed by atoms with Crippen molar-refractivity contribution >= 4 is 27.4 Å². The van der Waals surface area contributed by atoms with Gasteiger partial charge in [-0.1, -0.05) is 23.7 Å². The Bertz CT molecular complexity index is 797. The van der Waals surface area contributed by atoms with Gasteiger partial charge in [-0.2, -0.15) is 0 Å². The smallest absolute Gasteiger partial charge is 0.345 e. The van der Waals surface area contributed by atoms with Gasteiger partial charge >= 0.3 is 5.97 Å². The van der Waals surface area contributed by atoms with E-state index in [1.54, 1.807) is 18.2 Å². The maximum absolute atomic E-state index is 12.1. The molecular weight excluding hydrogens is 312 g/mol. The lowest BCUT2D eigenvalue weighted by Gasteiger charge is -2.08. The van der Waals surface area contributed by atoms with Gasteiger partial charge in [-0.3, -0.25) is 0 Å². The Labute approximate surface area is 128 Å². The first-order valence-corrected chi connectivity index (χ1v) is 8.33. The highest BCUT2D eigenvalue weighted by Crippen LogP contribution is 2.23. The van der Waals surface area contributed by atoms with E-state index in [0.29, 0.717) is 5.75 Å². The fraction of sp³-hybridized carbons (Fsp3) is 0.133. The van der Waals surface area contributed by atoms with Gasteiger partial charge in [0.15, 0.2) is 9.84 Å². The number of ether oxygens (including phenoxy) is 1. The molecule has 0 N–H and O–H groups in total. The molecule has 0 saturated heterocycles. The van der Waals surface area contributed by atoms with Gasteiger partial charge < -0.3 is 4.74 Å². The Kier molecular flexibility index (Phi) is 4.34. The zero-order valence-electron chi connectivity index (χ0n) is 11.5. The fourth-order valence-corrected chi connectivity index (χ4v) is 2.57. The monoisotopic (exact) mass is 324 g/mol. The highest BCUT2D eigenvalue weighted by atomic mass is 35.5. The summed E-state index contributed by atoms with van der Waals surface area (Å²) in [5, 5.41) is 0.139. The molecule has 0 saturated carbocycles. The lowest BCUT2D eigenvalue weighted by molar-refractivity contribution is 0.0734. The standard InChI is InChI=1S/C15H13ClO4S/c1-10-4-3-5-11(8-10)20-15(17)13-9-12(21(2,18)19)6-7-14(13)16/h3-9H,1-2H3. The Balaban J connectivity index is 2.35. The van der Waals surface area contributed by atoms with E-state index in [2.05, 4.69) is 0 Å². The molecule has 0 spiro atoms. The first-order valence-electron chi connectivity index (χ1n) is 6.06. The highest BCUT2D eigenvalue weighted by Gasteiger charge is 2.17. The van der Waals surface area contributed by atoms with Crippen molar-refractivity contribution in [1.82, 2.24) is 0 Å². The van der Waals surface area contributed by atoms with Crippen molar-refractivity contribution in [2.45, 2.75) is 11.8 Å². The molecule has 0 aromatic heterocycles. The van der Waals surface area contributed by atoms with E-state index in [-0.39, 0.29) is 15.5 Å². The van der Waals surface area contributed by atoms with E-state index >= 15 is 0 Å². The topological polar surface area (TPSA) is 60.4 Å². The van der Waals surface area contributed by atoms with Crippen LogP contribution in [0.3, 0.4) is 0 Å². The molecule has 0 aliphatic carbocycles. The van der Waals surface area contributed by atoms with Crippen molar-refractivity contribution in [2.75, 3.05) is 6.26 Å². The molecule has 0 atom stereocenters. The van der Waals surface area contributed by atoms with Crippen LogP contribution in [-0.4, -0.2) is 20.6 Å². The zero-order valence-corrected chi connectivity index (χ0v) is 13.0. The van der Waals surface area contributed by atoms with Crippen LogP contribution in [0.1, 0.15) is 15.9 Å². The van der Waals surface area contributed by atoms with Crippen LogP contribution in [0.2, 0.25) is 5.02 Å². The number of hydrogen-bond acceptors (Lipinski definition) is 4. The number of hydrogen-bond donors (Lipinski definition) is 0. The molecule has 4 nitrogen and oxygen atoms in total. The summed E-state index contributed by atoms with van der Waals surface area (Å²) in [5.41, 5.74) is 0.956. The summed E-state index contributed by atoms with van der Waals surface area (Å²) < 4.78 is 28.3. The molecule has 6 heteroatoms. The van der Waals surface area contributed by atoms with Crippen molar-refractivity contribution in [3.63, 3.8) is 0 Å². The van der Waals surface area contributed by atoms with Gasteiger partial charge in [0.05, 0.1) is 15.5 Å². The molecule has 2 rings (SSSR count). The minimum Gasteiger partial charge on any atom is -0.423 e. The first-order chi connectivity index (χ1) is 9.77. The number of aryl methyl sites for hydroxylation is 1. The summed E-state index contributed by atoms with van der Waals surface area (Å²) in [6.07, 6.45) is 1.06. The zero-order chi connectivity index (χ0) is 15.6. The molecule has 0 bridgehead atoms. The largest absolute Gasteiger partial charge is 0.423 e. The van der Waals surface area contributed by atoms with Crippen molar-refractivity contribution in [3.8, 4) is 5.75 Å². The third-order valence-electron chi connectivity index (χ3n) is 2.79. The summed E-state index contributed by atoms with van der Waals surface area (Å²) in [7, 11) is -3.42. The minimum absolute atomic E-state index is 0.0149. The van der Waals surface area contributed by atoms with Crippen LogP contribution < -0.4 is 4.74 Å². The van der Waals surface area contributed by atoms with E-state index in [9.17, 15) is 13.2 Å². The van der Waals surface area contributed by atoms with Crippen molar-refractivity contribution < 1.29 is 17.9 Å². The van der Waals surface area contributed by atoms with Gasteiger partial charge in [0.1, 0.15) is 5.75 Å². The van der Waals surface area contributed by atoms with Crippen LogP contribution in [0.25, 0.3) is 0 Å². The third-order valence-corrected chi connectivity index (χ3v) is 4.23. The molecule has 0 heterocycles. The summed E-state index contributed by atoms with van der Waals surface area (Å²) in [4.78, 5) is 12.1. The van der Waals surface area contributed by atoms with E-state index in [4.69, 9.17) is 16.3 Å². The second-order valence-corrected chi connectivity index (χ2v) is 7.04. The maximum atomic E-state index is 12.1. The van der Waals surface area contributed by atoms with Gasteiger partial charge in [0, 0.05) is 6.26 Å². The molecule has 110 valence electrons. The summed E-state index contributed by atoms with van der Waals surface area (Å²) in [6.45, 7) is 1.87. The Morgan fingerprint density at radius 2 is 1.86 bits per heavy atom. The number of esters is 1. The lowest BCUT2D eigenvalue weighted by atomic mass is 10.2. The molecule has 0 aliphatic heterocycles. The summed E-state index contributed by atoms with van der Waals surface area (Å²) >= 11 is 5.94. The number of halogens is 1. The molecule has 0 fully saturated rings. The van der Waals surface area contributed by atoms with Crippen molar-refractivity contribution in [2.24, 2.45) is 0 Å². The quantitative estimate of drug-likeness (QED) is 0.642. The van der Waals surface area contributed by atoms with Crippen LogP contribution in [0.5, 0.6) is 5.75 Å². The average Bonchev–Trinajstić information content (AvgIpc) is 2.37.